The molecular weight excluding hydrogens is 679 g/mol. The molecule has 0 saturated heterocycles. The number of hydrogen-bond acceptors (Lipinski definition) is 8. The fourth-order valence-corrected chi connectivity index (χ4v) is 4.52. The van der Waals surface area contributed by atoms with E-state index in [1.54, 1.807) is 0 Å². The molecule has 4 atom stereocenters. The first-order chi connectivity index (χ1) is 20.7. The molecule has 264 valence electrons. The van der Waals surface area contributed by atoms with Crippen molar-refractivity contribution in [3.05, 3.63) is 0 Å². The number of carbonyl (C=O) groups is 4. The smallest absolute Gasteiger partial charge is 0.550 e. The minimum absolute atomic E-state index is 0. The fraction of sp³-hybridized carbons (Fsp3) is 0.889. The van der Waals surface area contributed by atoms with E-state index < -0.39 is 23.9 Å². The molecule has 0 fully saturated rings. The van der Waals surface area contributed by atoms with Crippen molar-refractivity contribution in [1.82, 2.24) is 0 Å². The summed E-state index contributed by atoms with van der Waals surface area (Å²) < 4.78 is 0. The predicted molar refractivity (Wildman–Crippen MR) is 177 cm³/mol. The second kappa shape index (κ2) is 40.7. The van der Waals surface area contributed by atoms with Gasteiger partial charge in [-0.05, 0) is 49.4 Å². The molecule has 4 unspecified atom stereocenters. The topological polar surface area (TPSA) is 161 Å². The second-order valence-corrected chi connectivity index (χ2v) is 12.7. The molecule has 0 heterocycles. The molecule has 0 spiro atoms. The summed E-state index contributed by atoms with van der Waals surface area (Å²) in [5.74, 6) is -2.55. The van der Waals surface area contributed by atoms with Crippen molar-refractivity contribution in [1.29, 1.82) is 0 Å². The van der Waals surface area contributed by atoms with Crippen molar-refractivity contribution < 1.29 is 39.6 Å². The standard InChI is InChI=1S/4C9H18O2.Sn/c4*1-3-4-5-6-8(2)7-9(10)11;/h4*8H,3-7H2,1-2H3,(H,10,11);/q;;;;+4/p-4. The van der Waals surface area contributed by atoms with Crippen LogP contribution in [0.2, 0.25) is 0 Å². The molecule has 9 heteroatoms. The summed E-state index contributed by atoms with van der Waals surface area (Å²) in [4.78, 5) is 40.5. The van der Waals surface area contributed by atoms with Crippen molar-refractivity contribution in [3.63, 3.8) is 0 Å². The molecule has 0 rings (SSSR count). The van der Waals surface area contributed by atoms with Crippen LogP contribution in [0, 0.1) is 23.7 Å². The van der Waals surface area contributed by atoms with E-state index in [4.69, 9.17) is 0 Å². The SMILES string of the molecule is CCCCCC(C)CC(=O)[O-].CCCCCC(C)CC(=O)[O-].CCCCCC(C)CC(=O)[O-].CCCCCC(C)CC(=O)[O-].[Sn+4]. The van der Waals surface area contributed by atoms with Gasteiger partial charge < -0.3 is 39.6 Å². The average molecular weight is 748 g/mol. The summed E-state index contributed by atoms with van der Waals surface area (Å²) in [6.07, 6.45) is 19.1. The van der Waals surface area contributed by atoms with E-state index in [9.17, 15) is 39.6 Å². The van der Waals surface area contributed by atoms with Gasteiger partial charge in [0.05, 0.1) is 0 Å². The average Bonchev–Trinajstić information content (AvgIpc) is 2.89. The number of carboxylic acid groups (broad SMARTS) is 4. The third kappa shape index (κ3) is 58.7. The van der Waals surface area contributed by atoms with Gasteiger partial charge in [0, 0.05) is 23.9 Å². The monoisotopic (exact) mass is 748 g/mol. The van der Waals surface area contributed by atoms with Gasteiger partial charge in [-0.15, -0.1) is 0 Å². The third-order valence-electron chi connectivity index (χ3n) is 7.26. The summed E-state index contributed by atoms with van der Waals surface area (Å²) >= 11 is 0. The largest absolute Gasteiger partial charge is 4.00 e. The molecule has 0 radical (unpaired) electrons. The van der Waals surface area contributed by atoms with Crippen LogP contribution < -0.4 is 20.4 Å². The quantitative estimate of drug-likeness (QED) is 0.0987. The molecule has 0 N–H and O–H groups in total. The maximum absolute atomic E-state index is 10.1. The van der Waals surface area contributed by atoms with Crippen LogP contribution in [0.5, 0.6) is 0 Å². The fourth-order valence-electron chi connectivity index (χ4n) is 4.52. The number of rotatable bonds is 24. The van der Waals surface area contributed by atoms with Gasteiger partial charge in [0.15, 0.2) is 0 Å². The Labute approximate surface area is 293 Å². The minimum Gasteiger partial charge on any atom is -0.550 e. The molecule has 0 aliphatic rings. The molecule has 0 amide bonds. The van der Waals surface area contributed by atoms with Crippen molar-refractivity contribution >= 4 is 47.8 Å². The van der Waals surface area contributed by atoms with E-state index in [1.807, 2.05) is 27.7 Å². The zero-order chi connectivity index (χ0) is 34.8. The molecular formula is C36H68O8Sn. The van der Waals surface area contributed by atoms with Crippen LogP contribution in [0.1, 0.15) is 184 Å². The first kappa shape index (κ1) is 53.2. The molecule has 0 aromatic rings. The van der Waals surface area contributed by atoms with Crippen LogP contribution in [-0.2, 0) is 19.2 Å². The van der Waals surface area contributed by atoms with Crippen LogP contribution in [0.4, 0.5) is 0 Å². The molecule has 0 aromatic heterocycles. The second-order valence-electron chi connectivity index (χ2n) is 12.7. The molecule has 0 saturated carbocycles. The van der Waals surface area contributed by atoms with Gasteiger partial charge in [-0.1, -0.05) is 158 Å². The van der Waals surface area contributed by atoms with Gasteiger partial charge in [0.25, 0.3) is 0 Å². The number of aliphatic carboxylic acids is 4. The first-order valence-corrected chi connectivity index (χ1v) is 17.5. The van der Waals surface area contributed by atoms with Gasteiger partial charge in [0.2, 0.25) is 0 Å². The van der Waals surface area contributed by atoms with E-state index in [1.165, 1.54) is 51.4 Å². The molecule has 8 nitrogen and oxygen atoms in total. The van der Waals surface area contributed by atoms with Crippen molar-refractivity contribution in [2.24, 2.45) is 23.7 Å². The van der Waals surface area contributed by atoms with Crippen LogP contribution in [-0.4, -0.2) is 47.8 Å². The van der Waals surface area contributed by atoms with E-state index in [2.05, 4.69) is 27.7 Å². The number of unbranched alkanes of at least 4 members (excludes halogenated alkanes) is 8. The van der Waals surface area contributed by atoms with Gasteiger partial charge in [-0.25, -0.2) is 0 Å². The normalized spacial score (nSPS) is 12.6. The summed E-state index contributed by atoms with van der Waals surface area (Å²) in [5.41, 5.74) is 0. The zero-order valence-electron chi connectivity index (χ0n) is 30.2. The Morgan fingerprint density at radius 2 is 0.533 bits per heavy atom. The number of hydrogen-bond donors (Lipinski definition) is 0. The first-order valence-electron chi connectivity index (χ1n) is 17.5. The summed E-state index contributed by atoms with van der Waals surface area (Å²) in [7, 11) is 0. The maximum atomic E-state index is 10.1. The predicted octanol–water partition coefficient (Wildman–Crippen LogP) is 4.99. The van der Waals surface area contributed by atoms with Gasteiger partial charge in [0.1, 0.15) is 0 Å². The van der Waals surface area contributed by atoms with Crippen molar-refractivity contribution in [3.8, 4) is 0 Å². The van der Waals surface area contributed by atoms with E-state index in [-0.39, 0.29) is 73.3 Å². The Morgan fingerprint density at radius 1 is 0.378 bits per heavy atom. The van der Waals surface area contributed by atoms with Gasteiger partial charge >= 0.3 is 23.9 Å². The molecule has 0 bridgehead atoms. The molecule has 0 aromatic carbocycles. The van der Waals surface area contributed by atoms with Crippen molar-refractivity contribution in [2.75, 3.05) is 0 Å². The van der Waals surface area contributed by atoms with Crippen LogP contribution in [0.25, 0.3) is 0 Å². The van der Waals surface area contributed by atoms with Gasteiger partial charge in [-0.2, -0.15) is 0 Å². The summed E-state index contributed by atoms with van der Waals surface area (Å²) in [5, 5.41) is 40.5. The van der Waals surface area contributed by atoms with E-state index in [0.717, 1.165) is 51.4 Å². The summed E-state index contributed by atoms with van der Waals surface area (Å²) in [6, 6.07) is 0. The molecule has 45 heavy (non-hydrogen) atoms. The zero-order valence-corrected chi connectivity index (χ0v) is 33.1. The Bertz CT molecular complexity index is 559. The minimum atomic E-state index is -0.922. The van der Waals surface area contributed by atoms with Crippen LogP contribution in [0.15, 0.2) is 0 Å². The summed E-state index contributed by atoms with van der Waals surface area (Å²) in [6.45, 7) is 16.4. The molecule has 0 aliphatic heterocycles. The Balaban J connectivity index is -0.000000157. The van der Waals surface area contributed by atoms with E-state index in [0.29, 0.717) is 0 Å². The van der Waals surface area contributed by atoms with Crippen molar-refractivity contribution in [2.45, 2.75) is 184 Å². The Morgan fingerprint density at radius 3 is 0.644 bits per heavy atom. The number of carboxylic acids is 4. The Kier molecular flexibility index (Phi) is 48.1. The van der Waals surface area contributed by atoms with Crippen LogP contribution in [0.3, 0.4) is 0 Å². The Hall–Kier alpha value is -1.32. The third-order valence-corrected chi connectivity index (χ3v) is 7.26. The van der Waals surface area contributed by atoms with Gasteiger partial charge in [-0.3, -0.25) is 0 Å². The molecule has 0 aliphatic carbocycles. The number of carbonyl (C=O) groups excluding carboxylic acids is 4. The van der Waals surface area contributed by atoms with Crippen LogP contribution >= 0.6 is 0 Å². The van der Waals surface area contributed by atoms with E-state index >= 15 is 0 Å². The maximum Gasteiger partial charge on any atom is 4.00 e.